The predicted molar refractivity (Wildman–Crippen MR) is 78.6 cm³/mol. The number of nitrogens with one attached hydrogen (secondary N) is 1. The number of fused-ring (bicyclic) bond motifs is 1. The molecule has 3 heterocycles. The molecule has 1 amide bonds. The Morgan fingerprint density at radius 3 is 2.95 bits per heavy atom. The van der Waals surface area contributed by atoms with Crippen molar-refractivity contribution in [3.05, 3.63) is 24.5 Å². The van der Waals surface area contributed by atoms with E-state index in [9.17, 15) is 13.2 Å². The van der Waals surface area contributed by atoms with Gasteiger partial charge in [-0.05, 0) is 25.0 Å². The minimum Gasteiger partial charge on any atom is -0.358 e. The van der Waals surface area contributed by atoms with Gasteiger partial charge in [0.1, 0.15) is 16.5 Å². The van der Waals surface area contributed by atoms with E-state index in [2.05, 4.69) is 15.5 Å². The van der Waals surface area contributed by atoms with Crippen LogP contribution in [-0.4, -0.2) is 53.1 Å². The zero-order valence-electron chi connectivity index (χ0n) is 12.1. The molecule has 1 aliphatic heterocycles. The fraction of sp³-hybridized carbons (Fsp3) is 0.462. The average Bonchev–Trinajstić information content (AvgIpc) is 2.99. The van der Waals surface area contributed by atoms with Gasteiger partial charge >= 0.3 is 0 Å². The molecule has 1 N–H and O–H groups in total. The SMILES string of the molecule is CNC(=O)C1CCCCN1S(=O)(=O)c1cnn2ncccc12. The zero-order chi connectivity index (χ0) is 15.7. The summed E-state index contributed by atoms with van der Waals surface area (Å²) in [5.41, 5.74) is 0.406. The molecule has 1 atom stereocenters. The first-order chi connectivity index (χ1) is 10.6. The van der Waals surface area contributed by atoms with Crippen LogP contribution in [0.4, 0.5) is 0 Å². The van der Waals surface area contributed by atoms with Crippen LogP contribution in [0.5, 0.6) is 0 Å². The largest absolute Gasteiger partial charge is 0.358 e. The number of carbonyl (C=O) groups is 1. The molecule has 1 saturated heterocycles. The van der Waals surface area contributed by atoms with Crippen molar-refractivity contribution in [3.63, 3.8) is 0 Å². The molecule has 0 aromatic carbocycles. The molecule has 0 aliphatic carbocycles. The van der Waals surface area contributed by atoms with E-state index in [4.69, 9.17) is 0 Å². The van der Waals surface area contributed by atoms with Gasteiger partial charge in [-0.15, -0.1) is 0 Å². The fourth-order valence-corrected chi connectivity index (χ4v) is 4.51. The lowest BCUT2D eigenvalue weighted by Crippen LogP contribution is -2.51. The number of carbonyl (C=O) groups excluding carboxylic acids is 1. The van der Waals surface area contributed by atoms with Gasteiger partial charge < -0.3 is 5.32 Å². The molecule has 0 bridgehead atoms. The quantitative estimate of drug-likeness (QED) is 0.859. The summed E-state index contributed by atoms with van der Waals surface area (Å²) in [6, 6.07) is 2.63. The van der Waals surface area contributed by atoms with E-state index in [0.717, 1.165) is 12.8 Å². The van der Waals surface area contributed by atoms with Crippen LogP contribution in [0.3, 0.4) is 0 Å². The highest BCUT2D eigenvalue weighted by Crippen LogP contribution is 2.27. The average molecular weight is 323 g/mol. The summed E-state index contributed by atoms with van der Waals surface area (Å²) in [5.74, 6) is -0.280. The fourth-order valence-electron chi connectivity index (χ4n) is 2.76. The minimum absolute atomic E-state index is 0.0800. The predicted octanol–water partition coefficient (Wildman–Crippen LogP) is 0.0185. The van der Waals surface area contributed by atoms with Crippen LogP contribution >= 0.6 is 0 Å². The number of aromatic nitrogens is 3. The molecule has 8 nitrogen and oxygen atoms in total. The Morgan fingerprint density at radius 2 is 2.18 bits per heavy atom. The van der Waals surface area contributed by atoms with E-state index in [1.165, 1.54) is 28.4 Å². The third-order valence-electron chi connectivity index (χ3n) is 3.86. The molecule has 9 heteroatoms. The van der Waals surface area contributed by atoms with E-state index in [-0.39, 0.29) is 10.8 Å². The smallest absolute Gasteiger partial charge is 0.247 e. The van der Waals surface area contributed by atoms with Crippen molar-refractivity contribution in [1.29, 1.82) is 0 Å². The Hall–Kier alpha value is -2.00. The second kappa shape index (κ2) is 5.65. The maximum atomic E-state index is 13.0. The Kier molecular flexibility index (Phi) is 3.83. The van der Waals surface area contributed by atoms with E-state index in [0.29, 0.717) is 18.5 Å². The maximum absolute atomic E-state index is 13.0. The number of hydrogen-bond donors (Lipinski definition) is 1. The molecule has 1 fully saturated rings. The van der Waals surface area contributed by atoms with Gasteiger partial charge in [-0.25, -0.2) is 8.42 Å². The van der Waals surface area contributed by atoms with Crippen molar-refractivity contribution in [3.8, 4) is 0 Å². The van der Waals surface area contributed by atoms with Crippen LogP contribution in [0.2, 0.25) is 0 Å². The standard InChI is InChI=1S/C13H17N5O3S/c1-14-13(19)11-5-2-3-8-17(11)22(20,21)12-9-16-18-10(12)6-4-7-15-18/h4,6-7,9,11H,2-3,5,8H2,1H3,(H,14,19). The highest BCUT2D eigenvalue weighted by atomic mass is 32.2. The number of nitrogens with zero attached hydrogens (tertiary/aromatic N) is 4. The summed E-state index contributed by atoms with van der Waals surface area (Å²) >= 11 is 0. The molecule has 0 radical (unpaired) electrons. The first kappa shape index (κ1) is 14.9. The molecule has 1 aliphatic rings. The molecule has 2 aromatic rings. The van der Waals surface area contributed by atoms with Crippen molar-refractivity contribution in [2.75, 3.05) is 13.6 Å². The maximum Gasteiger partial charge on any atom is 0.247 e. The Bertz CT molecular complexity index is 801. The molecule has 118 valence electrons. The Morgan fingerprint density at radius 1 is 1.36 bits per heavy atom. The molecule has 0 spiro atoms. The van der Waals surface area contributed by atoms with E-state index >= 15 is 0 Å². The molecular formula is C13H17N5O3S. The normalized spacial score (nSPS) is 20.1. The van der Waals surface area contributed by atoms with Crippen molar-refractivity contribution in [1.82, 2.24) is 24.4 Å². The van der Waals surface area contributed by atoms with Gasteiger partial charge in [0.2, 0.25) is 15.9 Å². The van der Waals surface area contributed by atoms with Gasteiger partial charge in [-0.3, -0.25) is 4.79 Å². The molecule has 0 saturated carbocycles. The Balaban J connectivity index is 2.06. The topological polar surface area (TPSA) is 96.7 Å². The summed E-state index contributed by atoms with van der Waals surface area (Å²) < 4.78 is 28.5. The number of piperidine rings is 1. The highest BCUT2D eigenvalue weighted by Gasteiger charge is 2.38. The number of sulfonamides is 1. The second-order valence-electron chi connectivity index (χ2n) is 5.15. The summed E-state index contributed by atoms with van der Waals surface area (Å²) in [7, 11) is -2.29. The van der Waals surface area contributed by atoms with Crippen LogP contribution in [0, 0.1) is 0 Å². The van der Waals surface area contributed by atoms with Crippen LogP contribution in [0.15, 0.2) is 29.4 Å². The number of hydrogen-bond acceptors (Lipinski definition) is 5. The molecule has 22 heavy (non-hydrogen) atoms. The van der Waals surface area contributed by atoms with Crippen molar-refractivity contribution >= 4 is 21.4 Å². The van der Waals surface area contributed by atoms with Crippen molar-refractivity contribution in [2.45, 2.75) is 30.2 Å². The number of amides is 1. The van der Waals surface area contributed by atoms with E-state index in [1.807, 2.05) is 0 Å². The molecular weight excluding hydrogens is 306 g/mol. The molecule has 1 unspecified atom stereocenters. The summed E-state index contributed by atoms with van der Waals surface area (Å²) in [5, 5.41) is 10.5. The first-order valence-electron chi connectivity index (χ1n) is 7.08. The first-order valence-corrected chi connectivity index (χ1v) is 8.52. The van der Waals surface area contributed by atoms with Gasteiger partial charge in [0.25, 0.3) is 0 Å². The van der Waals surface area contributed by atoms with Crippen LogP contribution in [0.1, 0.15) is 19.3 Å². The third kappa shape index (κ3) is 2.35. The molecule has 3 rings (SSSR count). The van der Waals surface area contributed by atoms with E-state index in [1.54, 1.807) is 12.1 Å². The van der Waals surface area contributed by atoms with Crippen LogP contribution in [0.25, 0.3) is 5.52 Å². The van der Waals surface area contributed by atoms with Crippen LogP contribution in [-0.2, 0) is 14.8 Å². The van der Waals surface area contributed by atoms with Gasteiger partial charge in [-0.1, -0.05) is 6.42 Å². The summed E-state index contributed by atoms with van der Waals surface area (Å²) in [4.78, 5) is 12.1. The van der Waals surface area contributed by atoms with E-state index < -0.39 is 16.1 Å². The summed E-state index contributed by atoms with van der Waals surface area (Å²) in [6.45, 7) is 0.331. The lowest BCUT2D eigenvalue weighted by Gasteiger charge is -2.32. The van der Waals surface area contributed by atoms with Crippen molar-refractivity contribution in [2.24, 2.45) is 0 Å². The lowest BCUT2D eigenvalue weighted by molar-refractivity contribution is -0.125. The molecule has 2 aromatic heterocycles. The zero-order valence-corrected chi connectivity index (χ0v) is 13.0. The highest BCUT2D eigenvalue weighted by molar-refractivity contribution is 7.89. The van der Waals surface area contributed by atoms with Gasteiger partial charge in [0, 0.05) is 19.8 Å². The van der Waals surface area contributed by atoms with Crippen LogP contribution < -0.4 is 5.32 Å². The Labute approximate surface area is 128 Å². The number of rotatable bonds is 3. The monoisotopic (exact) mass is 323 g/mol. The van der Waals surface area contributed by atoms with Gasteiger partial charge in [-0.2, -0.15) is 19.1 Å². The van der Waals surface area contributed by atoms with Crippen molar-refractivity contribution < 1.29 is 13.2 Å². The lowest BCUT2D eigenvalue weighted by atomic mass is 10.0. The van der Waals surface area contributed by atoms with Gasteiger partial charge in [0.05, 0.1) is 6.20 Å². The second-order valence-corrected chi connectivity index (χ2v) is 7.01. The van der Waals surface area contributed by atoms with Gasteiger partial charge in [0.15, 0.2) is 0 Å². The minimum atomic E-state index is -3.80. The number of likely N-dealkylation sites (N-methyl/N-ethyl adjacent to an activating group) is 1. The third-order valence-corrected chi connectivity index (χ3v) is 5.78. The summed E-state index contributed by atoms with van der Waals surface area (Å²) in [6.07, 6.45) is 4.92.